The molecule has 0 aliphatic carbocycles. The Kier molecular flexibility index (Phi) is 11.6. The van der Waals surface area contributed by atoms with Gasteiger partial charge < -0.3 is 24.8 Å². The Hall–Kier alpha value is -3.62. The van der Waals surface area contributed by atoms with E-state index in [1.165, 1.54) is 19.9 Å². The molecule has 3 N–H and O–H groups in total. The van der Waals surface area contributed by atoms with E-state index in [0.29, 0.717) is 32.1 Å². The Balaban J connectivity index is 1.80. The largest absolute Gasteiger partial charge is 0.460 e. The number of nitro groups is 1. The lowest BCUT2D eigenvalue weighted by Gasteiger charge is -2.19. The van der Waals surface area contributed by atoms with Crippen molar-refractivity contribution in [3.8, 4) is 0 Å². The van der Waals surface area contributed by atoms with Crippen LogP contribution in [0.4, 0.5) is 21.5 Å². The van der Waals surface area contributed by atoms with Gasteiger partial charge in [-0.25, -0.2) is 4.98 Å². The van der Waals surface area contributed by atoms with E-state index in [-0.39, 0.29) is 52.0 Å². The number of nitrogens with zero attached hydrogens (tertiary/aromatic N) is 2. The summed E-state index contributed by atoms with van der Waals surface area (Å²) in [5.41, 5.74) is 0.757. The van der Waals surface area contributed by atoms with E-state index in [9.17, 15) is 24.5 Å². The number of hydrogen-bond acceptors (Lipinski definition) is 11. The third kappa shape index (κ3) is 10.8. The van der Waals surface area contributed by atoms with Gasteiger partial charge in [0.05, 0.1) is 49.0 Å². The maximum absolute atomic E-state index is 12.8. The molecule has 13 nitrogen and oxygen atoms in total. The molecule has 0 bridgehead atoms. The van der Waals surface area contributed by atoms with Crippen LogP contribution in [0.25, 0.3) is 0 Å². The highest BCUT2D eigenvalue weighted by molar-refractivity contribution is 7.19. The Morgan fingerprint density at radius 1 is 1.08 bits per heavy atom. The van der Waals surface area contributed by atoms with Crippen molar-refractivity contribution in [3.63, 3.8) is 0 Å². The van der Waals surface area contributed by atoms with E-state index in [1.807, 2.05) is 0 Å². The molecule has 2 aromatic rings. The van der Waals surface area contributed by atoms with Crippen LogP contribution in [0, 0.1) is 17.0 Å². The van der Waals surface area contributed by atoms with Crippen molar-refractivity contribution in [3.05, 3.63) is 39.6 Å². The van der Waals surface area contributed by atoms with Crippen LogP contribution in [0.2, 0.25) is 0 Å². The molecule has 1 aromatic heterocycles. The van der Waals surface area contributed by atoms with Gasteiger partial charge in [0.25, 0.3) is 5.91 Å². The van der Waals surface area contributed by atoms with Crippen LogP contribution in [-0.2, 0) is 23.8 Å². The highest BCUT2D eigenvalue weighted by Gasteiger charge is 2.21. The summed E-state index contributed by atoms with van der Waals surface area (Å²) in [6, 6.07) is 4.79. The summed E-state index contributed by atoms with van der Waals surface area (Å²) in [6.07, 6.45) is 0.173. The van der Waals surface area contributed by atoms with Crippen molar-refractivity contribution >= 4 is 50.6 Å². The number of carbonyl (C=O) groups is 3. The van der Waals surface area contributed by atoms with Crippen LogP contribution in [-0.4, -0.2) is 66.3 Å². The first-order chi connectivity index (χ1) is 17.9. The smallest absolute Gasteiger partial charge is 0.348 e. The zero-order valence-electron chi connectivity index (χ0n) is 22.0. The van der Waals surface area contributed by atoms with Crippen molar-refractivity contribution < 1.29 is 33.5 Å². The number of thiazole rings is 1. The van der Waals surface area contributed by atoms with Gasteiger partial charge in [-0.3, -0.25) is 29.8 Å². The number of rotatable bonds is 14. The van der Waals surface area contributed by atoms with E-state index in [0.717, 1.165) is 11.3 Å². The first-order valence-electron chi connectivity index (χ1n) is 11.8. The van der Waals surface area contributed by atoms with Crippen LogP contribution < -0.4 is 16.0 Å². The molecule has 2 rings (SSSR count). The van der Waals surface area contributed by atoms with Gasteiger partial charge in [-0.1, -0.05) is 0 Å². The number of aryl methyl sites for hydroxylation is 1. The first-order valence-corrected chi connectivity index (χ1v) is 12.6. The molecule has 0 saturated heterocycles. The molecule has 1 aromatic carbocycles. The molecule has 0 atom stereocenters. The Labute approximate surface area is 224 Å². The van der Waals surface area contributed by atoms with Crippen molar-refractivity contribution in [1.82, 2.24) is 4.98 Å². The SMILES string of the molecule is CC(=O)Nc1cc(NCCOCCOCCC(=O)OC(C)(C)C)ccc1C(=O)Nc1nc(C)c([N+](=O)[O-])s1. The Morgan fingerprint density at radius 3 is 2.37 bits per heavy atom. The summed E-state index contributed by atoms with van der Waals surface area (Å²) < 4.78 is 16.1. The third-order valence-corrected chi connectivity index (χ3v) is 5.58. The summed E-state index contributed by atoms with van der Waals surface area (Å²) >= 11 is 0.753. The number of hydrogen-bond donors (Lipinski definition) is 3. The van der Waals surface area contributed by atoms with Gasteiger partial charge in [-0.05, 0) is 57.2 Å². The summed E-state index contributed by atoms with van der Waals surface area (Å²) in [5, 5.41) is 19.3. The minimum absolute atomic E-state index is 0.0844. The standard InChI is InChI=1S/C24H33N5O8S/c1-15-22(29(33)34)38-23(26-15)28-21(32)18-7-6-17(14-19(18)27-16(2)30)25-9-11-36-13-12-35-10-8-20(31)37-24(3,4)5/h6-7,14,25H,8-13H2,1-5H3,(H,27,30)(H,26,28,32). The van der Waals surface area contributed by atoms with Crippen molar-refractivity contribution in [2.45, 2.75) is 46.6 Å². The highest BCUT2D eigenvalue weighted by Crippen LogP contribution is 2.30. The molecule has 0 saturated carbocycles. The van der Waals surface area contributed by atoms with Gasteiger partial charge >= 0.3 is 11.0 Å². The predicted octanol–water partition coefficient (Wildman–Crippen LogP) is 3.75. The molecule has 0 unspecified atom stereocenters. The third-order valence-electron chi connectivity index (χ3n) is 4.55. The molecule has 208 valence electrons. The average molecular weight is 552 g/mol. The van der Waals surface area contributed by atoms with E-state index >= 15 is 0 Å². The predicted molar refractivity (Wildman–Crippen MR) is 143 cm³/mol. The molecular formula is C24H33N5O8S. The monoisotopic (exact) mass is 551 g/mol. The fraction of sp³-hybridized carbons (Fsp3) is 0.500. The van der Waals surface area contributed by atoms with Crippen molar-refractivity contribution in [2.75, 3.05) is 48.9 Å². The first kappa shape index (κ1) is 30.6. The maximum atomic E-state index is 12.8. The summed E-state index contributed by atoms with van der Waals surface area (Å²) in [5.74, 6) is -1.25. The van der Waals surface area contributed by atoms with Crippen molar-refractivity contribution in [2.24, 2.45) is 0 Å². The van der Waals surface area contributed by atoms with E-state index in [1.54, 1.807) is 32.9 Å². The fourth-order valence-electron chi connectivity index (χ4n) is 3.06. The maximum Gasteiger partial charge on any atom is 0.348 e. The number of nitrogens with one attached hydrogen (secondary N) is 3. The molecule has 14 heteroatoms. The molecule has 2 amide bonds. The molecule has 0 aliphatic rings. The number of amides is 2. The van der Waals surface area contributed by atoms with Crippen LogP contribution in [0.1, 0.15) is 50.2 Å². The van der Waals surface area contributed by atoms with Gasteiger partial charge in [0.1, 0.15) is 11.3 Å². The Bertz CT molecular complexity index is 1150. The van der Waals surface area contributed by atoms with Gasteiger partial charge in [-0.2, -0.15) is 0 Å². The zero-order valence-corrected chi connectivity index (χ0v) is 22.9. The molecule has 38 heavy (non-hydrogen) atoms. The number of esters is 1. The molecule has 0 aliphatic heterocycles. The lowest BCUT2D eigenvalue weighted by atomic mass is 10.1. The molecular weight excluding hydrogens is 518 g/mol. The molecule has 0 fully saturated rings. The molecule has 0 radical (unpaired) electrons. The number of ether oxygens (including phenoxy) is 3. The average Bonchev–Trinajstić information content (AvgIpc) is 3.16. The number of benzene rings is 1. The van der Waals surface area contributed by atoms with E-state index in [2.05, 4.69) is 20.9 Å². The molecule has 1 heterocycles. The van der Waals surface area contributed by atoms with Crippen LogP contribution in [0.5, 0.6) is 0 Å². The second-order valence-electron chi connectivity index (χ2n) is 9.05. The lowest BCUT2D eigenvalue weighted by molar-refractivity contribution is -0.380. The fourth-order valence-corrected chi connectivity index (χ4v) is 3.84. The highest BCUT2D eigenvalue weighted by atomic mass is 32.1. The van der Waals surface area contributed by atoms with Gasteiger partial charge in [0.15, 0.2) is 5.13 Å². The second kappa shape index (κ2) is 14.4. The second-order valence-corrected chi connectivity index (χ2v) is 10.0. The summed E-state index contributed by atoms with van der Waals surface area (Å²) in [7, 11) is 0. The topological polar surface area (TPSA) is 171 Å². The van der Waals surface area contributed by atoms with Crippen molar-refractivity contribution in [1.29, 1.82) is 0 Å². The van der Waals surface area contributed by atoms with Crippen LogP contribution >= 0.6 is 11.3 Å². The minimum Gasteiger partial charge on any atom is -0.460 e. The number of anilines is 3. The van der Waals surface area contributed by atoms with E-state index < -0.39 is 16.4 Å². The zero-order chi connectivity index (χ0) is 28.3. The summed E-state index contributed by atoms with van der Waals surface area (Å²) in [6.45, 7) is 9.98. The minimum atomic E-state index is -0.570. The molecule has 0 spiro atoms. The van der Waals surface area contributed by atoms with Gasteiger partial charge in [0, 0.05) is 19.2 Å². The number of aromatic nitrogens is 1. The summed E-state index contributed by atoms with van der Waals surface area (Å²) in [4.78, 5) is 50.6. The quantitative estimate of drug-likeness (QED) is 0.136. The van der Waals surface area contributed by atoms with Crippen LogP contribution in [0.3, 0.4) is 0 Å². The lowest BCUT2D eigenvalue weighted by Crippen LogP contribution is -2.24. The van der Waals surface area contributed by atoms with E-state index in [4.69, 9.17) is 14.2 Å². The normalized spacial score (nSPS) is 11.1. The van der Waals surface area contributed by atoms with Crippen LogP contribution in [0.15, 0.2) is 18.2 Å². The Morgan fingerprint density at radius 2 is 1.76 bits per heavy atom. The van der Waals surface area contributed by atoms with Gasteiger partial charge in [-0.15, -0.1) is 0 Å². The number of carbonyl (C=O) groups excluding carboxylic acids is 3. The van der Waals surface area contributed by atoms with Gasteiger partial charge in [0.2, 0.25) is 5.91 Å².